The molecule has 0 atom stereocenters. The minimum Gasteiger partial charge on any atom is -0.456 e. The molecule has 2 aromatic rings. The number of rotatable bonds is 8. The fraction of sp³-hybridized carbons (Fsp3) is 0.200. The van der Waals surface area contributed by atoms with E-state index in [-0.39, 0.29) is 29.4 Å². The van der Waals surface area contributed by atoms with Crippen LogP contribution in [0, 0.1) is 10.1 Å². The lowest BCUT2D eigenvalue weighted by Crippen LogP contribution is -2.22. The van der Waals surface area contributed by atoms with Crippen molar-refractivity contribution in [2.45, 2.75) is 6.42 Å². The highest BCUT2D eigenvalue weighted by atomic mass is 35.5. The molecular weight excluding hydrogens is 366 g/mol. The summed E-state index contributed by atoms with van der Waals surface area (Å²) in [6.45, 7) is -0.305. The Bertz CT molecular complexity index is 802. The number of amides is 1. The van der Waals surface area contributed by atoms with Crippen LogP contribution in [0.25, 0.3) is 0 Å². The molecule has 0 bridgehead atoms. The Morgan fingerprint density at radius 3 is 2.69 bits per heavy atom. The van der Waals surface area contributed by atoms with Crippen molar-refractivity contribution in [3.63, 3.8) is 0 Å². The summed E-state index contributed by atoms with van der Waals surface area (Å²) in [6.07, 6.45) is 3.11. The average molecular weight is 380 g/mol. The van der Waals surface area contributed by atoms with Crippen LogP contribution in [0.5, 0.6) is 0 Å². The molecule has 2 N–H and O–H groups in total. The first-order valence-corrected chi connectivity index (χ1v) is 7.74. The number of nitrogens with one attached hydrogen (secondary N) is 2. The second-order valence-corrected chi connectivity index (χ2v) is 5.29. The number of carbonyl (C=O) groups excluding carboxylic acids is 2. The molecule has 136 valence electrons. The van der Waals surface area contributed by atoms with Crippen molar-refractivity contribution in [2.24, 2.45) is 0 Å². The number of carbonyl (C=O) groups is 2. The van der Waals surface area contributed by atoms with Gasteiger partial charge in [-0.25, -0.2) is 9.97 Å². The van der Waals surface area contributed by atoms with Gasteiger partial charge in [0.05, 0.1) is 22.1 Å². The quantitative estimate of drug-likeness (QED) is 0.403. The number of anilines is 2. The zero-order valence-electron chi connectivity index (χ0n) is 13.3. The van der Waals surface area contributed by atoms with E-state index in [1.165, 1.54) is 12.1 Å². The normalized spacial score (nSPS) is 10.0. The van der Waals surface area contributed by atoms with Gasteiger partial charge in [0.1, 0.15) is 0 Å². The zero-order valence-corrected chi connectivity index (χ0v) is 14.1. The zero-order chi connectivity index (χ0) is 18.9. The third kappa shape index (κ3) is 5.98. The lowest BCUT2D eigenvalue weighted by Gasteiger charge is -2.08. The molecule has 1 aromatic heterocycles. The Balaban J connectivity index is 1.75. The van der Waals surface area contributed by atoms with Crippen molar-refractivity contribution in [2.75, 3.05) is 23.8 Å². The number of benzene rings is 1. The second-order valence-electron chi connectivity index (χ2n) is 4.88. The topological polar surface area (TPSA) is 136 Å². The van der Waals surface area contributed by atoms with Crippen LogP contribution in [0.4, 0.5) is 17.3 Å². The summed E-state index contributed by atoms with van der Waals surface area (Å²) < 4.78 is 4.82. The average Bonchev–Trinajstić information content (AvgIpc) is 2.62. The van der Waals surface area contributed by atoms with E-state index >= 15 is 0 Å². The summed E-state index contributed by atoms with van der Waals surface area (Å²) in [5.74, 6) is -0.896. The van der Waals surface area contributed by atoms with E-state index in [4.69, 9.17) is 16.3 Å². The predicted octanol–water partition coefficient (Wildman–Crippen LogP) is 2.02. The molecule has 1 amide bonds. The standard InChI is InChI=1S/C15H14ClN5O5/c16-11-3-2-10(21(24)25)8-12(11)20-13(22)9-26-14(23)4-7-19-15-17-5-1-6-18-15/h1-3,5-6,8H,4,7,9H2,(H,20,22)(H,17,18,19). The number of non-ortho nitro benzene ring substituents is 1. The number of halogens is 1. The van der Waals surface area contributed by atoms with Crippen molar-refractivity contribution in [3.8, 4) is 0 Å². The van der Waals surface area contributed by atoms with Crippen LogP contribution < -0.4 is 10.6 Å². The number of esters is 1. The molecule has 0 spiro atoms. The van der Waals surface area contributed by atoms with E-state index in [9.17, 15) is 19.7 Å². The maximum absolute atomic E-state index is 11.8. The number of nitro groups is 1. The molecule has 0 radical (unpaired) electrons. The van der Waals surface area contributed by atoms with Crippen LogP contribution in [0.1, 0.15) is 6.42 Å². The number of hydrogen-bond acceptors (Lipinski definition) is 8. The van der Waals surface area contributed by atoms with Gasteiger partial charge in [0.2, 0.25) is 5.95 Å². The molecule has 10 nitrogen and oxygen atoms in total. The summed E-state index contributed by atoms with van der Waals surface area (Å²) in [5, 5.41) is 16.0. The van der Waals surface area contributed by atoms with Gasteiger partial charge in [0.25, 0.3) is 11.6 Å². The Labute approximate surface area is 152 Å². The molecule has 11 heteroatoms. The smallest absolute Gasteiger partial charge is 0.308 e. The highest BCUT2D eigenvalue weighted by Gasteiger charge is 2.13. The van der Waals surface area contributed by atoms with E-state index in [0.29, 0.717) is 5.95 Å². The van der Waals surface area contributed by atoms with Gasteiger partial charge in [-0.3, -0.25) is 19.7 Å². The van der Waals surface area contributed by atoms with Crippen molar-refractivity contribution in [1.29, 1.82) is 0 Å². The Kier molecular flexibility index (Phi) is 6.80. The molecule has 2 rings (SSSR count). The van der Waals surface area contributed by atoms with E-state index in [1.54, 1.807) is 18.5 Å². The first kappa shape index (κ1) is 19.1. The summed E-state index contributed by atoms with van der Waals surface area (Å²) in [5.41, 5.74) is -0.166. The van der Waals surface area contributed by atoms with Crippen LogP contribution in [-0.2, 0) is 14.3 Å². The van der Waals surface area contributed by atoms with Gasteiger partial charge in [0.15, 0.2) is 6.61 Å². The van der Waals surface area contributed by atoms with Crippen LogP contribution in [-0.4, -0.2) is 39.9 Å². The summed E-state index contributed by atoms with van der Waals surface area (Å²) in [6, 6.07) is 5.28. The van der Waals surface area contributed by atoms with Gasteiger partial charge >= 0.3 is 5.97 Å². The van der Waals surface area contributed by atoms with E-state index in [0.717, 1.165) is 6.07 Å². The molecule has 0 saturated carbocycles. The van der Waals surface area contributed by atoms with E-state index in [1.807, 2.05) is 0 Å². The largest absolute Gasteiger partial charge is 0.456 e. The third-order valence-corrected chi connectivity index (χ3v) is 3.31. The number of hydrogen-bond donors (Lipinski definition) is 2. The summed E-state index contributed by atoms with van der Waals surface area (Å²) in [7, 11) is 0. The van der Waals surface area contributed by atoms with Crippen LogP contribution >= 0.6 is 11.6 Å². The minimum absolute atomic E-state index is 0.00307. The third-order valence-electron chi connectivity index (χ3n) is 2.98. The molecule has 1 heterocycles. The van der Waals surface area contributed by atoms with Crippen molar-refractivity contribution < 1.29 is 19.2 Å². The highest BCUT2D eigenvalue weighted by molar-refractivity contribution is 6.33. The molecule has 1 aromatic carbocycles. The fourth-order valence-electron chi connectivity index (χ4n) is 1.79. The van der Waals surface area contributed by atoms with E-state index < -0.39 is 23.4 Å². The van der Waals surface area contributed by atoms with E-state index in [2.05, 4.69) is 20.6 Å². The van der Waals surface area contributed by atoms with Crippen molar-refractivity contribution in [3.05, 3.63) is 51.8 Å². The number of nitrogens with zero attached hydrogens (tertiary/aromatic N) is 3. The van der Waals surface area contributed by atoms with Gasteiger partial charge in [0, 0.05) is 31.1 Å². The predicted molar refractivity (Wildman–Crippen MR) is 92.8 cm³/mol. The number of nitro benzene ring substituents is 1. The van der Waals surface area contributed by atoms with Crippen molar-refractivity contribution >= 4 is 40.8 Å². The monoisotopic (exact) mass is 379 g/mol. The molecule has 26 heavy (non-hydrogen) atoms. The van der Waals surface area contributed by atoms with Gasteiger partial charge < -0.3 is 15.4 Å². The summed E-state index contributed by atoms with van der Waals surface area (Å²) in [4.78, 5) is 41.4. The first-order chi connectivity index (χ1) is 12.5. The molecule has 0 aliphatic heterocycles. The second kappa shape index (κ2) is 9.28. The Hall–Kier alpha value is -3.27. The molecule has 0 aliphatic carbocycles. The number of aromatic nitrogens is 2. The number of ether oxygens (including phenoxy) is 1. The molecule has 0 fully saturated rings. The highest BCUT2D eigenvalue weighted by Crippen LogP contribution is 2.26. The Morgan fingerprint density at radius 2 is 2.00 bits per heavy atom. The minimum atomic E-state index is -0.667. The summed E-state index contributed by atoms with van der Waals surface area (Å²) >= 11 is 5.87. The van der Waals surface area contributed by atoms with Gasteiger partial charge in [-0.1, -0.05) is 11.6 Å². The molecular formula is C15H14ClN5O5. The first-order valence-electron chi connectivity index (χ1n) is 7.36. The van der Waals surface area contributed by atoms with Crippen LogP contribution in [0.15, 0.2) is 36.7 Å². The van der Waals surface area contributed by atoms with Crippen LogP contribution in [0.3, 0.4) is 0 Å². The maximum atomic E-state index is 11.8. The van der Waals surface area contributed by atoms with Crippen molar-refractivity contribution in [1.82, 2.24) is 9.97 Å². The van der Waals surface area contributed by atoms with Gasteiger partial charge in [-0.2, -0.15) is 0 Å². The SMILES string of the molecule is O=C(COC(=O)CCNc1ncccn1)Nc1cc([N+](=O)[O-])ccc1Cl. The molecule has 0 aliphatic rings. The Morgan fingerprint density at radius 1 is 1.27 bits per heavy atom. The molecule has 0 unspecified atom stereocenters. The lowest BCUT2D eigenvalue weighted by molar-refractivity contribution is -0.384. The van der Waals surface area contributed by atoms with Gasteiger partial charge in [-0.05, 0) is 12.1 Å². The van der Waals surface area contributed by atoms with Gasteiger partial charge in [-0.15, -0.1) is 0 Å². The lowest BCUT2D eigenvalue weighted by atomic mass is 10.3. The fourth-order valence-corrected chi connectivity index (χ4v) is 1.96. The molecule has 0 saturated heterocycles. The van der Waals surface area contributed by atoms with Crippen LogP contribution in [0.2, 0.25) is 5.02 Å². The maximum Gasteiger partial charge on any atom is 0.308 e.